The second-order valence-electron chi connectivity index (χ2n) is 6.01. The highest BCUT2D eigenvalue weighted by molar-refractivity contribution is 9.09. The number of alkyl halides is 1. The molecule has 0 N–H and O–H groups in total. The fourth-order valence-corrected chi connectivity index (χ4v) is 3.24. The molecule has 1 aliphatic rings. The van der Waals surface area contributed by atoms with Crippen molar-refractivity contribution in [2.24, 2.45) is 5.92 Å². The summed E-state index contributed by atoms with van der Waals surface area (Å²) in [5.74, 6) is 0.781. The molecule has 114 valence electrons. The molecule has 0 aliphatic carbocycles. The fraction of sp³-hybridized carbons (Fsp3) is 1.00. The van der Waals surface area contributed by atoms with Gasteiger partial charge in [0.2, 0.25) is 0 Å². The van der Waals surface area contributed by atoms with E-state index in [1.54, 1.807) is 0 Å². The van der Waals surface area contributed by atoms with E-state index in [1.165, 1.54) is 76.2 Å². The first kappa shape index (κ1) is 17.5. The molecule has 2 nitrogen and oxygen atoms in total. The Balaban J connectivity index is 1.85. The number of unbranched alkanes of at least 4 members (excludes halogenated alkanes) is 6. The number of ether oxygens (including phenoxy) is 1. The van der Waals surface area contributed by atoms with Crippen LogP contribution >= 0.6 is 15.9 Å². The van der Waals surface area contributed by atoms with Gasteiger partial charge < -0.3 is 9.64 Å². The zero-order valence-corrected chi connectivity index (χ0v) is 14.3. The van der Waals surface area contributed by atoms with Crippen LogP contribution in [-0.2, 0) is 4.74 Å². The predicted molar refractivity (Wildman–Crippen MR) is 87.2 cm³/mol. The summed E-state index contributed by atoms with van der Waals surface area (Å²) in [6.07, 6.45) is 12.4. The monoisotopic (exact) mass is 333 g/mol. The van der Waals surface area contributed by atoms with E-state index >= 15 is 0 Å². The Morgan fingerprint density at radius 1 is 1.05 bits per heavy atom. The van der Waals surface area contributed by atoms with E-state index in [4.69, 9.17) is 4.74 Å². The fourth-order valence-electron chi connectivity index (χ4n) is 2.84. The zero-order valence-electron chi connectivity index (χ0n) is 12.7. The Morgan fingerprint density at radius 3 is 2.37 bits per heavy atom. The molecule has 0 saturated carbocycles. The minimum absolute atomic E-state index is 0.781. The van der Waals surface area contributed by atoms with E-state index in [2.05, 4.69) is 27.9 Å². The van der Waals surface area contributed by atoms with Gasteiger partial charge in [-0.3, -0.25) is 0 Å². The molecule has 1 fully saturated rings. The first-order valence-electron chi connectivity index (χ1n) is 8.15. The van der Waals surface area contributed by atoms with Crippen molar-refractivity contribution in [1.29, 1.82) is 0 Å². The number of rotatable bonds is 11. The van der Waals surface area contributed by atoms with Gasteiger partial charge in [-0.25, -0.2) is 0 Å². The number of hydrogen-bond acceptors (Lipinski definition) is 2. The second kappa shape index (κ2) is 12.2. The minimum Gasteiger partial charge on any atom is -0.381 e. The average molecular weight is 334 g/mol. The standard InChI is InChI=1S/C16H32BrNO/c1-18(14-16-10-9-13-19-15-16)12-8-6-4-2-3-5-7-11-17/h16H,2-15H2,1H3. The molecule has 1 saturated heterocycles. The van der Waals surface area contributed by atoms with Gasteiger partial charge in [-0.2, -0.15) is 0 Å². The number of halogens is 1. The second-order valence-corrected chi connectivity index (χ2v) is 6.80. The van der Waals surface area contributed by atoms with E-state index in [0.29, 0.717) is 0 Å². The summed E-state index contributed by atoms with van der Waals surface area (Å²) in [5, 5.41) is 1.17. The summed E-state index contributed by atoms with van der Waals surface area (Å²) in [6.45, 7) is 4.45. The normalized spacial score (nSPS) is 20.1. The molecule has 1 unspecified atom stereocenters. The molecule has 19 heavy (non-hydrogen) atoms. The molecule has 0 aromatic carbocycles. The van der Waals surface area contributed by atoms with Crippen LogP contribution in [0.4, 0.5) is 0 Å². The molecule has 0 amide bonds. The van der Waals surface area contributed by atoms with Gasteiger partial charge in [0, 0.05) is 18.5 Å². The topological polar surface area (TPSA) is 12.5 Å². The van der Waals surface area contributed by atoms with Gasteiger partial charge >= 0.3 is 0 Å². The Kier molecular flexibility index (Phi) is 11.2. The molecule has 0 aromatic rings. The molecule has 1 rings (SSSR count). The highest BCUT2D eigenvalue weighted by Gasteiger charge is 2.15. The van der Waals surface area contributed by atoms with E-state index < -0.39 is 0 Å². The molecule has 0 spiro atoms. The maximum absolute atomic E-state index is 5.54. The van der Waals surface area contributed by atoms with Gasteiger partial charge in [-0.05, 0) is 45.2 Å². The van der Waals surface area contributed by atoms with Crippen molar-refractivity contribution in [3.05, 3.63) is 0 Å². The molecule has 0 radical (unpaired) electrons. The van der Waals surface area contributed by atoms with Crippen molar-refractivity contribution in [3.63, 3.8) is 0 Å². The van der Waals surface area contributed by atoms with Gasteiger partial charge in [-0.15, -0.1) is 0 Å². The Morgan fingerprint density at radius 2 is 1.74 bits per heavy atom. The third-order valence-corrected chi connectivity index (χ3v) is 4.56. The first-order chi connectivity index (χ1) is 9.33. The van der Waals surface area contributed by atoms with Crippen molar-refractivity contribution in [1.82, 2.24) is 4.90 Å². The van der Waals surface area contributed by atoms with Crippen molar-refractivity contribution in [3.8, 4) is 0 Å². The number of hydrogen-bond donors (Lipinski definition) is 0. The lowest BCUT2D eigenvalue weighted by Gasteiger charge is -2.27. The summed E-state index contributed by atoms with van der Waals surface area (Å²) in [6, 6.07) is 0. The van der Waals surface area contributed by atoms with E-state index in [0.717, 1.165) is 19.1 Å². The van der Waals surface area contributed by atoms with Crippen molar-refractivity contribution in [2.75, 3.05) is 38.7 Å². The van der Waals surface area contributed by atoms with Gasteiger partial charge in [-0.1, -0.05) is 48.0 Å². The third kappa shape index (κ3) is 9.86. The number of nitrogens with zero attached hydrogens (tertiary/aromatic N) is 1. The van der Waals surface area contributed by atoms with Gasteiger partial charge in [0.05, 0.1) is 6.61 Å². The molecular weight excluding hydrogens is 302 g/mol. The van der Waals surface area contributed by atoms with Crippen LogP contribution in [0.15, 0.2) is 0 Å². The van der Waals surface area contributed by atoms with Crippen LogP contribution < -0.4 is 0 Å². The summed E-state index contributed by atoms with van der Waals surface area (Å²) in [4.78, 5) is 2.50. The van der Waals surface area contributed by atoms with Crippen LogP contribution in [0.1, 0.15) is 57.8 Å². The summed E-state index contributed by atoms with van der Waals surface area (Å²) in [5.41, 5.74) is 0. The Bertz CT molecular complexity index is 195. The van der Waals surface area contributed by atoms with Crippen LogP contribution in [0, 0.1) is 5.92 Å². The van der Waals surface area contributed by atoms with Gasteiger partial charge in [0.1, 0.15) is 0 Å². The van der Waals surface area contributed by atoms with Crippen LogP contribution in [0.5, 0.6) is 0 Å². The third-order valence-electron chi connectivity index (χ3n) is 4.00. The lowest BCUT2D eigenvalue weighted by molar-refractivity contribution is 0.0419. The average Bonchev–Trinajstić information content (AvgIpc) is 2.43. The molecule has 1 atom stereocenters. The lowest BCUT2D eigenvalue weighted by Crippen LogP contribution is -2.31. The minimum atomic E-state index is 0.781. The zero-order chi connectivity index (χ0) is 13.8. The molecule has 0 bridgehead atoms. The summed E-state index contributed by atoms with van der Waals surface area (Å²) in [7, 11) is 2.27. The first-order valence-corrected chi connectivity index (χ1v) is 9.27. The summed E-state index contributed by atoms with van der Waals surface area (Å²) >= 11 is 3.49. The molecule has 3 heteroatoms. The predicted octanol–water partition coefficient (Wildman–Crippen LogP) is 4.47. The Labute approximate surface area is 128 Å². The lowest BCUT2D eigenvalue weighted by atomic mass is 10.0. The SMILES string of the molecule is CN(CCCCCCCCCBr)CC1CCCOC1. The van der Waals surface area contributed by atoms with Gasteiger partial charge in [0.25, 0.3) is 0 Å². The van der Waals surface area contributed by atoms with Crippen LogP contribution in [0.3, 0.4) is 0 Å². The van der Waals surface area contributed by atoms with Crippen LogP contribution in [-0.4, -0.2) is 43.6 Å². The molecule has 1 heterocycles. The van der Waals surface area contributed by atoms with Crippen molar-refractivity contribution in [2.45, 2.75) is 57.8 Å². The van der Waals surface area contributed by atoms with Crippen molar-refractivity contribution < 1.29 is 4.74 Å². The largest absolute Gasteiger partial charge is 0.381 e. The van der Waals surface area contributed by atoms with Crippen LogP contribution in [0.25, 0.3) is 0 Å². The molecule has 0 aromatic heterocycles. The smallest absolute Gasteiger partial charge is 0.0506 e. The highest BCUT2D eigenvalue weighted by Crippen LogP contribution is 2.15. The van der Waals surface area contributed by atoms with E-state index in [-0.39, 0.29) is 0 Å². The quantitative estimate of drug-likeness (QED) is 0.408. The highest BCUT2D eigenvalue weighted by atomic mass is 79.9. The molecule has 1 aliphatic heterocycles. The molecular formula is C16H32BrNO. The maximum Gasteiger partial charge on any atom is 0.0506 e. The summed E-state index contributed by atoms with van der Waals surface area (Å²) < 4.78 is 5.54. The Hall–Kier alpha value is 0.400. The van der Waals surface area contributed by atoms with E-state index in [1.807, 2.05) is 0 Å². The van der Waals surface area contributed by atoms with Crippen LogP contribution in [0.2, 0.25) is 0 Å². The van der Waals surface area contributed by atoms with Gasteiger partial charge in [0.15, 0.2) is 0 Å². The van der Waals surface area contributed by atoms with E-state index in [9.17, 15) is 0 Å². The maximum atomic E-state index is 5.54. The van der Waals surface area contributed by atoms with Crippen molar-refractivity contribution >= 4 is 15.9 Å².